The second-order valence-corrected chi connectivity index (χ2v) is 5.66. The Morgan fingerprint density at radius 1 is 1.32 bits per heavy atom. The van der Waals surface area contributed by atoms with Gasteiger partial charge in [-0.3, -0.25) is 0 Å². The van der Waals surface area contributed by atoms with E-state index in [1.807, 2.05) is 30.2 Å². The molecule has 0 aliphatic carbocycles. The minimum absolute atomic E-state index is 0.483. The van der Waals surface area contributed by atoms with E-state index in [4.69, 9.17) is 0 Å². The Morgan fingerprint density at radius 3 is 2.95 bits per heavy atom. The van der Waals surface area contributed by atoms with Gasteiger partial charge in [0, 0.05) is 25.8 Å². The molecule has 0 radical (unpaired) electrons. The van der Waals surface area contributed by atoms with Crippen molar-refractivity contribution >= 4 is 16.9 Å². The zero-order chi connectivity index (χ0) is 13.4. The van der Waals surface area contributed by atoms with Gasteiger partial charge in [0.05, 0.1) is 11.8 Å². The first kappa shape index (κ1) is 12.4. The summed E-state index contributed by atoms with van der Waals surface area (Å²) in [7, 11) is 4.20. The summed E-state index contributed by atoms with van der Waals surface area (Å²) < 4.78 is 2.03. The normalized spacial score (nSPS) is 24.8. The third-order valence-corrected chi connectivity index (χ3v) is 4.07. The first-order valence-electron chi connectivity index (χ1n) is 6.86. The molecular weight excluding hydrogens is 238 g/mol. The minimum Gasteiger partial charge on any atom is -0.365 e. The van der Waals surface area contributed by atoms with Crippen LogP contribution in [0.25, 0.3) is 11.0 Å². The Hall–Kier alpha value is -1.62. The first-order chi connectivity index (χ1) is 9.15. The standard InChI is InChI=1S/C14H21N5/c1-10-8-18(2)7-5-11(10)17-14-13-12(4-6-15-14)19(3)9-16-13/h4,6,9-11H,5,7-8H2,1-3H3,(H,15,17). The van der Waals surface area contributed by atoms with Gasteiger partial charge in [-0.1, -0.05) is 6.92 Å². The maximum absolute atomic E-state index is 4.47. The van der Waals surface area contributed by atoms with E-state index >= 15 is 0 Å². The van der Waals surface area contributed by atoms with Gasteiger partial charge in [0.25, 0.3) is 0 Å². The highest BCUT2D eigenvalue weighted by Crippen LogP contribution is 2.24. The SMILES string of the molecule is CC1CN(C)CCC1Nc1nccc2c1ncn2C. The zero-order valence-electron chi connectivity index (χ0n) is 11.8. The Labute approximate surface area is 113 Å². The van der Waals surface area contributed by atoms with Gasteiger partial charge in [0.15, 0.2) is 5.82 Å². The third-order valence-electron chi connectivity index (χ3n) is 4.07. The van der Waals surface area contributed by atoms with Crippen molar-refractivity contribution in [1.29, 1.82) is 0 Å². The van der Waals surface area contributed by atoms with Crippen molar-refractivity contribution in [2.75, 3.05) is 25.5 Å². The number of aryl methyl sites for hydroxylation is 1. The van der Waals surface area contributed by atoms with E-state index < -0.39 is 0 Å². The predicted molar refractivity (Wildman–Crippen MR) is 77.2 cm³/mol. The Morgan fingerprint density at radius 2 is 2.16 bits per heavy atom. The molecular formula is C14H21N5. The van der Waals surface area contributed by atoms with E-state index in [1.165, 1.54) is 0 Å². The molecule has 1 fully saturated rings. The van der Waals surface area contributed by atoms with E-state index in [0.717, 1.165) is 36.4 Å². The summed E-state index contributed by atoms with van der Waals surface area (Å²) >= 11 is 0. The van der Waals surface area contributed by atoms with Crippen LogP contribution in [0.15, 0.2) is 18.6 Å². The number of anilines is 1. The van der Waals surface area contributed by atoms with Gasteiger partial charge >= 0.3 is 0 Å². The molecule has 3 heterocycles. The zero-order valence-corrected chi connectivity index (χ0v) is 11.8. The maximum Gasteiger partial charge on any atom is 0.154 e. The number of hydrogen-bond acceptors (Lipinski definition) is 4. The van der Waals surface area contributed by atoms with Crippen molar-refractivity contribution in [3.8, 4) is 0 Å². The molecule has 5 nitrogen and oxygen atoms in total. The molecule has 0 amide bonds. The van der Waals surface area contributed by atoms with E-state index in [1.54, 1.807) is 0 Å². The molecule has 5 heteroatoms. The second kappa shape index (κ2) is 4.81. The van der Waals surface area contributed by atoms with Gasteiger partial charge in [-0.2, -0.15) is 0 Å². The van der Waals surface area contributed by atoms with Crippen LogP contribution in [-0.4, -0.2) is 45.6 Å². The molecule has 2 aromatic heterocycles. The van der Waals surface area contributed by atoms with Crippen LogP contribution in [0.4, 0.5) is 5.82 Å². The van der Waals surface area contributed by atoms with Gasteiger partial charge in [0.1, 0.15) is 5.52 Å². The molecule has 1 aliphatic rings. The number of aromatic nitrogens is 3. The van der Waals surface area contributed by atoms with E-state index in [2.05, 4.69) is 34.2 Å². The second-order valence-electron chi connectivity index (χ2n) is 5.66. The van der Waals surface area contributed by atoms with Crippen LogP contribution in [0, 0.1) is 5.92 Å². The fourth-order valence-electron chi connectivity index (χ4n) is 2.91. The number of hydrogen-bond donors (Lipinski definition) is 1. The lowest BCUT2D eigenvalue weighted by atomic mass is 9.94. The van der Waals surface area contributed by atoms with Gasteiger partial charge in [-0.25, -0.2) is 9.97 Å². The Balaban J connectivity index is 1.85. The number of fused-ring (bicyclic) bond motifs is 1. The molecule has 2 atom stereocenters. The van der Waals surface area contributed by atoms with Crippen LogP contribution < -0.4 is 5.32 Å². The smallest absolute Gasteiger partial charge is 0.154 e. The van der Waals surface area contributed by atoms with Crippen LogP contribution in [0.3, 0.4) is 0 Å². The topological polar surface area (TPSA) is 46.0 Å². The molecule has 1 saturated heterocycles. The number of likely N-dealkylation sites (tertiary alicyclic amines) is 1. The van der Waals surface area contributed by atoms with Gasteiger partial charge in [-0.05, 0) is 32.0 Å². The maximum atomic E-state index is 4.47. The summed E-state index contributed by atoms with van der Waals surface area (Å²) in [5.74, 6) is 1.54. The largest absolute Gasteiger partial charge is 0.365 e. The van der Waals surface area contributed by atoms with Crippen LogP contribution >= 0.6 is 0 Å². The fraction of sp³-hybridized carbons (Fsp3) is 0.571. The summed E-state index contributed by atoms with van der Waals surface area (Å²) in [6.45, 7) is 4.57. The summed E-state index contributed by atoms with van der Waals surface area (Å²) in [5.41, 5.74) is 2.09. The number of nitrogens with one attached hydrogen (secondary N) is 1. The lowest BCUT2D eigenvalue weighted by Gasteiger charge is -2.35. The number of piperidine rings is 1. The molecule has 0 saturated carbocycles. The molecule has 1 aliphatic heterocycles. The molecule has 3 rings (SSSR count). The van der Waals surface area contributed by atoms with Gasteiger partial charge in [0.2, 0.25) is 0 Å². The van der Waals surface area contributed by atoms with Crippen molar-refractivity contribution < 1.29 is 0 Å². The first-order valence-corrected chi connectivity index (χ1v) is 6.86. The van der Waals surface area contributed by atoms with Gasteiger partial charge < -0.3 is 14.8 Å². The molecule has 19 heavy (non-hydrogen) atoms. The fourth-order valence-corrected chi connectivity index (χ4v) is 2.91. The summed E-state index contributed by atoms with van der Waals surface area (Å²) in [5, 5.41) is 3.59. The molecule has 2 aromatic rings. The van der Waals surface area contributed by atoms with Crippen LogP contribution in [0.1, 0.15) is 13.3 Å². The highest BCUT2D eigenvalue weighted by molar-refractivity contribution is 5.85. The highest BCUT2D eigenvalue weighted by Gasteiger charge is 2.25. The van der Waals surface area contributed by atoms with E-state index in [-0.39, 0.29) is 0 Å². The molecule has 2 unspecified atom stereocenters. The van der Waals surface area contributed by atoms with Crippen LogP contribution in [-0.2, 0) is 7.05 Å². The molecule has 0 aromatic carbocycles. The van der Waals surface area contributed by atoms with Gasteiger partial charge in [-0.15, -0.1) is 0 Å². The molecule has 1 N–H and O–H groups in total. The van der Waals surface area contributed by atoms with Crippen molar-refractivity contribution in [1.82, 2.24) is 19.4 Å². The van der Waals surface area contributed by atoms with Crippen molar-refractivity contribution in [3.05, 3.63) is 18.6 Å². The quantitative estimate of drug-likeness (QED) is 0.892. The molecule has 0 bridgehead atoms. The van der Waals surface area contributed by atoms with E-state index in [0.29, 0.717) is 12.0 Å². The lowest BCUT2D eigenvalue weighted by molar-refractivity contribution is 0.206. The number of pyridine rings is 1. The van der Waals surface area contributed by atoms with Crippen LogP contribution in [0.5, 0.6) is 0 Å². The third kappa shape index (κ3) is 2.30. The van der Waals surface area contributed by atoms with Crippen molar-refractivity contribution in [3.63, 3.8) is 0 Å². The summed E-state index contributed by atoms with van der Waals surface area (Å²) in [6.07, 6.45) is 4.85. The number of rotatable bonds is 2. The monoisotopic (exact) mass is 259 g/mol. The molecule has 0 spiro atoms. The number of nitrogens with zero attached hydrogens (tertiary/aromatic N) is 4. The summed E-state index contributed by atoms with van der Waals surface area (Å²) in [6, 6.07) is 2.49. The lowest BCUT2D eigenvalue weighted by Crippen LogP contribution is -2.43. The minimum atomic E-state index is 0.483. The van der Waals surface area contributed by atoms with Crippen molar-refractivity contribution in [2.45, 2.75) is 19.4 Å². The average molecular weight is 259 g/mol. The van der Waals surface area contributed by atoms with Crippen molar-refractivity contribution in [2.24, 2.45) is 13.0 Å². The van der Waals surface area contributed by atoms with Crippen LogP contribution in [0.2, 0.25) is 0 Å². The average Bonchev–Trinajstić information content (AvgIpc) is 2.76. The predicted octanol–water partition coefficient (Wildman–Crippen LogP) is 1.72. The Bertz CT molecular complexity index is 576. The number of imidazole rings is 1. The van der Waals surface area contributed by atoms with E-state index in [9.17, 15) is 0 Å². The highest BCUT2D eigenvalue weighted by atomic mass is 15.1. The molecule has 102 valence electrons. The summed E-state index contributed by atoms with van der Waals surface area (Å²) in [4.78, 5) is 11.3. The Kier molecular flexibility index (Phi) is 3.14.